The Morgan fingerprint density at radius 2 is 1.56 bits per heavy atom. The van der Waals surface area contributed by atoms with Crippen LogP contribution in [0.4, 0.5) is 5.69 Å². The summed E-state index contributed by atoms with van der Waals surface area (Å²) in [6.07, 6.45) is 4.47. The summed E-state index contributed by atoms with van der Waals surface area (Å²) in [6, 6.07) is 12.8. The summed E-state index contributed by atoms with van der Waals surface area (Å²) >= 11 is 0. The van der Waals surface area contributed by atoms with E-state index in [2.05, 4.69) is 4.72 Å². The maximum atomic E-state index is 12.8. The molecule has 1 N–H and O–H groups in total. The van der Waals surface area contributed by atoms with Crippen LogP contribution in [0.15, 0.2) is 53.4 Å². The van der Waals surface area contributed by atoms with Crippen LogP contribution in [0.5, 0.6) is 0 Å². The van der Waals surface area contributed by atoms with Gasteiger partial charge in [-0.15, -0.1) is 0 Å². The summed E-state index contributed by atoms with van der Waals surface area (Å²) in [5.41, 5.74) is 1.59. The monoisotopic (exact) mass is 476 g/mol. The van der Waals surface area contributed by atoms with Gasteiger partial charge in [0.1, 0.15) is 0 Å². The summed E-state index contributed by atoms with van der Waals surface area (Å²) in [6.45, 7) is 2.26. The van der Waals surface area contributed by atoms with Crippen molar-refractivity contribution in [3.63, 3.8) is 0 Å². The van der Waals surface area contributed by atoms with Gasteiger partial charge in [0.2, 0.25) is 0 Å². The highest BCUT2D eigenvalue weighted by Gasteiger charge is 2.43. The SMILES string of the molecule is Cc1cccc(S(=O)(=O)Nc2ccc(C(=O)N3CC(S(=O)(=O)C4CCCCC4)C3)cc2)c1. The molecular weight excluding hydrogens is 448 g/mol. The molecule has 32 heavy (non-hydrogen) atoms. The molecule has 2 fully saturated rings. The van der Waals surface area contributed by atoms with Crippen molar-refractivity contribution in [1.82, 2.24) is 4.90 Å². The molecule has 7 nitrogen and oxygen atoms in total. The molecule has 0 atom stereocenters. The Labute approximate surface area is 189 Å². The van der Waals surface area contributed by atoms with Gasteiger partial charge in [-0.2, -0.15) is 0 Å². The van der Waals surface area contributed by atoms with Crippen LogP contribution in [0, 0.1) is 6.92 Å². The van der Waals surface area contributed by atoms with E-state index < -0.39 is 25.1 Å². The number of benzene rings is 2. The summed E-state index contributed by atoms with van der Waals surface area (Å²) in [4.78, 5) is 14.4. The Balaban J connectivity index is 1.37. The predicted octanol–water partition coefficient (Wildman–Crippen LogP) is 3.37. The quantitative estimate of drug-likeness (QED) is 0.689. The van der Waals surface area contributed by atoms with Crippen LogP contribution in [-0.4, -0.2) is 51.2 Å². The fraction of sp³-hybridized carbons (Fsp3) is 0.435. The van der Waals surface area contributed by atoms with Gasteiger partial charge < -0.3 is 4.90 Å². The standard InChI is InChI=1S/C23H28N2O5S2/c1-17-6-5-9-21(14-17)32(29,30)24-19-12-10-18(11-13-19)23(26)25-15-22(16-25)31(27,28)20-7-3-2-4-8-20/h5-6,9-14,20,22,24H,2-4,7-8,15-16H2,1H3. The Kier molecular flexibility index (Phi) is 6.31. The maximum absolute atomic E-state index is 12.8. The molecule has 1 heterocycles. The van der Waals surface area contributed by atoms with E-state index in [1.54, 1.807) is 24.3 Å². The number of hydrogen-bond acceptors (Lipinski definition) is 5. The Morgan fingerprint density at radius 1 is 0.906 bits per heavy atom. The number of sulfonamides is 1. The second-order valence-corrected chi connectivity index (χ2v) is 12.9. The fourth-order valence-electron chi connectivity index (χ4n) is 4.34. The molecule has 0 aromatic heterocycles. The minimum atomic E-state index is -3.73. The summed E-state index contributed by atoms with van der Waals surface area (Å²) < 4.78 is 53.2. The van der Waals surface area contributed by atoms with E-state index >= 15 is 0 Å². The first-order valence-corrected chi connectivity index (χ1v) is 14.0. The maximum Gasteiger partial charge on any atom is 0.261 e. The van der Waals surface area contributed by atoms with E-state index in [9.17, 15) is 21.6 Å². The smallest absolute Gasteiger partial charge is 0.261 e. The van der Waals surface area contributed by atoms with Crippen molar-refractivity contribution in [2.45, 2.75) is 54.4 Å². The van der Waals surface area contributed by atoms with Gasteiger partial charge in [-0.25, -0.2) is 16.8 Å². The normalized spacial score (nSPS) is 18.2. The molecule has 1 saturated heterocycles. The van der Waals surface area contributed by atoms with Crippen molar-refractivity contribution >= 4 is 31.5 Å². The van der Waals surface area contributed by atoms with Crippen molar-refractivity contribution in [3.05, 3.63) is 59.7 Å². The molecule has 172 valence electrons. The number of carbonyl (C=O) groups excluding carboxylic acids is 1. The van der Waals surface area contributed by atoms with E-state index in [0.717, 1.165) is 37.7 Å². The van der Waals surface area contributed by atoms with Crippen LogP contribution in [0.3, 0.4) is 0 Å². The summed E-state index contributed by atoms with van der Waals surface area (Å²) in [5.74, 6) is -0.242. The zero-order valence-electron chi connectivity index (χ0n) is 18.0. The van der Waals surface area contributed by atoms with E-state index in [0.29, 0.717) is 11.3 Å². The summed E-state index contributed by atoms with van der Waals surface area (Å²) in [7, 11) is -6.93. The van der Waals surface area contributed by atoms with Crippen molar-refractivity contribution < 1.29 is 21.6 Å². The number of nitrogens with zero attached hydrogens (tertiary/aromatic N) is 1. The van der Waals surface area contributed by atoms with Gasteiger partial charge in [0, 0.05) is 24.3 Å². The van der Waals surface area contributed by atoms with Crippen LogP contribution >= 0.6 is 0 Å². The van der Waals surface area contributed by atoms with Gasteiger partial charge >= 0.3 is 0 Å². The van der Waals surface area contributed by atoms with Crippen LogP contribution in [0.1, 0.15) is 48.0 Å². The highest BCUT2D eigenvalue weighted by Crippen LogP contribution is 2.30. The third-order valence-corrected chi connectivity index (χ3v) is 10.3. The molecule has 9 heteroatoms. The topological polar surface area (TPSA) is 101 Å². The number of carbonyl (C=O) groups is 1. The lowest BCUT2D eigenvalue weighted by Crippen LogP contribution is -2.58. The first-order valence-electron chi connectivity index (χ1n) is 10.9. The second-order valence-electron chi connectivity index (χ2n) is 8.68. The highest BCUT2D eigenvalue weighted by molar-refractivity contribution is 7.93. The van der Waals surface area contributed by atoms with Crippen molar-refractivity contribution in [3.8, 4) is 0 Å². The molecule has 4 rings (SSSR count). The van der Waals surface area contributed by atoms with Crippen LogP contribution in [0.2, 0.25) is 0 Å². The number of sulfone groups is 1. The zero-order valence-corrected chi connectivity index (χ0v) is 19.7. The van der Waals surface area contributed by atoms with Crippen molar-refractivity contribution in [2.24, 2.45) is 0 Å². The number of nitrogens with one attached hydrogen (secondary N) is 1. The molecule has 0 spiro atoms. The van der Waals surface area contributed by atoms with Gasteiger partial charge in [-0.1, -0.05) is 31.4 Å². The van der Waals surface area contributed by atoms with Crippen LogP contribution in [0.25, 0.3) is 0 Å². The number of anilines is 1. The second kappa shape index (κ2) is 8.86. The number of likely N-dealkylation sites (tertiary alicyclic amines) is 1. The minimum Gasteiger partial charge on any atom is -0.336 e. The van der Waals surface area contributed by atoms with Gasteiger partial charge in [-0.3, -0.25) is 9.52 Å². The minimum absolute atomic E-state index is 0.170. The molecule has 0 unspecified atom stereocenters. The first kappa shape index (κ1) is 22.8. The number of rotatable bonds is 6. The van der Waals surface area contributed by atoms with Gasteiger partial charge in [0.15, 0.2) is 9.84 Å². The zero-order chi connectivity index (χ0) is 22.9. The first-order chi connectivity index (χ1) is 15.2. The molecule has 1 saturated carbocycles. The molecular formula is C23H28N2O5S2. The molecule has 2 aromatic carbocycles. The molecule has 0 radical (unpaired) electrons. The van der Waals surface area contributed by atoms with E-state index in [4.69, 9.17) is 0 Å². The molecule has 2 aromatic rings. The van der Waals surface area contributed by atoms with Crippen LogP contribution in [-0.2, 0) is 19.9 Å². The lowest BCUT2D eigenvalue weighted by molar-refractivity contribution is 0.0658. The Hall–Kier alpha value is -2.39. The lowest BCUT2D eigenvalue weighted by atomic mass is 10.0. The predicted molar refractivity (Wildman–Crippen MR) is 124 cm³/mol. The molecule has 1 amide bonds. The number of hydrogen-bond donors (Lipinski definition) is 1. The fourth-order valence-corrected chi connectivity index (χ4v) is 7.81. The third-order valence-electron chi connectivity index (χ3n) is 6.30. The Bertz CT molecular complexity index is 1200. The average Bonchev–Trinajstić information content (AvgIpc) is 2.73. The van der Waals surface area contributed by atoms with Gasteiger partial charge in [0.05, 0.1) is 15.4 Å². The van der Waals surface area contributed by atoms with E-state index in [1.165, 1.54) is 23.1 Å². The number of aryl methyl sites for hydroxylation is 1. The van der Waals surface area contributed by atoms with Crippen molar-refractivity contribution in [1.29, 1.82) is 0 Å². The van der Waals surface area contributed by atoms with Gasteiger partial charge in [-0.05, 0) is 61.7 Å². The molecule has 1 aliphatic heterocycles. The van der Waals surface area contributed by atoms with Gasteiger partial charge in [0.25, 0.3) is 15.9 Å². The lowest BCUT2D eigenvalue weighted by Gasteiger charge is -2.40. The average molecular weight is 477 g/mol. The summed E-state index contributed by atoms with van der Waals surface area (Å²) in [5, 5.41) is -0.742. The molecule has 2 aliphatic rings. The van der Waals surface area contributed by atoms with E-state index in [-0.39, 0.29) is 29.1 Å². The Morgan fingerprint density at radius 3 is 2.19 bits per heavy atom. The number of amides is 1. The highest BCUT2D eigenvalue weighted by atomic mass is 32.2. The van der Waals surface area contributed by atoms with Crippen LogP contribution < -0.4 is 4.72 Å². The molecule has 1 aliphatic carbocycles. The van der Waals surface area contributed by atoms with E-state index in [1.807, 2.05) is 13.0 Å². The third kappa shape index (κ3) is 4.68. The largest absolute Gasteiger partial charge is 0.336 e. The van der Waals surface area contributed by atoms with Crippen molar-refractivity contribution in [2.75, 3.05) is 17.8 Å². The molecule has 0 bridgehead atoms.